The van der Waals surface area contributed by atoms with E-state index in [-0.39, 0.29) is 26.3 Å². The molecule has 0 saturated heterocycles. The van der Waals surface area contributed by atoms with E-state index < -0.39 is 11.9 Å². The maximum absolute atomic E-state index is 12.2. The first-order valence-electron chi connectivity index (χ1n) is 6.78. The summed E-state index contributed by atoms with van der Waals surface area (Å²) in [5, 5.41) is 16.4. The van der Waals surface area contributed by atoms with Crippen LogP contribution in [-0.2, 0) is 0 Å². The van der Waals surface area contributed by atoms with Crippen molar-refractivity contribution in [3.05, 3.63) is 57.6 Å². The Labute approximate surface area is 158 Å². The van der Waals surface area contributed by atoms with Crippen LogP contribution in [0.2, 0.25) is 10.0 Å². The minimum atomic E-state index is -1.42. The lowest BCUT2D eigenvalue weighted by molar-refractivity contribution is -0.255. The number of anilines is 1. The van der Waals surface area contributed by atoms with Crippen LogP contribution in [0, 0.1) is 0 Å². The predicted octanol–water partition coefficient (Wildman–Crippen LogP) is 2.49. The monoisotopic (exact) mass is 397 g/mol. The highest BCUT2D eigenvalue weighted by Gasteiger charge is 2.11. The number of ether oxygens (including phenoxy) is 1. The fraction of sp³-hybridized carbons (Fsp3) is 0.0625. The van der Waals surface area contributed by atoms with Gasteiger partial charge in [0.2, 0.25) is 0 Å². The van der Waals surface area contributed by atoms with Gasteiger partial charge in [0, 0.05) is 21.8 Å². The third-order valence-electron chi connectivity index (χ3n) is 3.09. The number of thiocarbonyl (C=S) groups is 1. The van der Waals surface area contributed by atoms with E-state index in [1.165, 1.54) is 37.4 Å². The van der Waals surface area contributed by atoms with Crippen LogP contribution in [0.1, 0.15) is 20.7 Å². The number of hydrogen-bond donors (Lipinski definition) is 2. The van der Waals surface area contributed by atoms with Crippen LogP contribution in [0.5, 0.6) is 5.75 Å². The van der Waals surface area contributed by atoms with E-state index in [4.69, 9.17) is 40.2 Å². The minimum absolute atomic E-state index is 0.0245. The molecule has 6 nitrogen and oxygen atoms in total. The number of benzene rings is 2. The lowest BCUT2D eigenvalue weighted by Crippen LogP contribution is -2.34. The van der Waals surface area contributed by atoms with Gasteiger partial charge in [0.15, 0.2) is 5.11 Å². The minimum Gasteiger partial charge on any atom is -0.545 e. The Bertz CT molecular complexity index is 858. The highest BCUT2D eigenvalue weighted by molar-refractivity contribution is 7.80. The van der Waals surface area contributed by atoms with Gasteiger partial charge in [-0.15, -0.1) is 0 Å². The Kier molecular flexibility index (Phi) is 6.19. The quantitative estimate of drug-likeness (QED) is 0.770. The van der Waals surface area contributed by atoms with E-state index in [1.807, 2.05) is 0 Å². The normalized spacial score (nSPS) is 10.0. The summed E-state index contributed by atoms with van der Waals surface area (Å²) in [5.74, 6) is -1.47. The maximum atomic E-state index is 12.2. The predicted molar refractivity (Wildman–Crippen MR) is 97.5 cm³/mol. The van der Waals surface area contributed by atoms with Gasteiger partial charge in [-0.05, 0) is 48.6 Å². The van der Waals surface area contributed by atoms with Crippen molar-refractivity contribution >= 4 is 58.1 Å². The number of rotatable bonds is 4. The molecule has 0 aromatic heterocycles. The second kappa shape index (κ2) is 8.15. The fourth-order valence-corrected chi connectivity index (χ4v) is 2.57. The highest BCUT2D eigenvalue weighted by atomic mass is 35.5. The lowest BCUT2D eigenvalue weighted by Gasteiger charge is -2.12. The molecule has 0 bridgehead atoms. The van der Waals surface area contributed by atoms with Gasteiger partial charge in [-0.1, -0.05) is 23.2 Å². The first-order valence-corrected chi connectivity index (χ1v) is 7.95. The Morgan fingerprint density at radius 1 is 1.12 bits per heavy atom. The third kappa shape index (κ3) is 4.82. The molecule has 25 heavy (non-hydrogen) atoms. The van der Waals surface area contributed by atoms with Gasteiger partial charge < -0.3 is 20.0 Å². The van der Waals surface area contributed by atoms with Crippen LogP contribution >= 0.6 is 35.4 Å². The van der Waals surface area contributed by atoms with Gasteiger partial charge in [0.05, 0.1) is 18.1 Å². The van der Waals surface area contributed by atoms with E-state index >= 15 is 0 Å². The second-order valence-electron chi connectivity index (χ2n) is 4.74. The zero-order valence-electron chi connectivity index (χ0n) is 12.8. The summed E-state index contributed by atoms with van der Waals surface area (Å²) in [4.78, 5) is 23.1. The van der Waals surface area contributed by atoms with E-state index in [0.717, 1.165) is 0 Å². The molecule has 0 aliphatic rings. The molecule has 2 aromatic rings. The number of carboxylic acid groups (broad SMARTS) is 1. The summed E-state index contributed by atoms with van der Waals surface area (Å²) in [7, 11) is 1.47. The average molecular weight is 398 g/mol. The van der Waals surface area contributed by atoms with Crippen LogP contribution in [-0.4, -0.2) is 24.1 Å². The Balaban J connectivity index is 2.07. The van der Waals surface area contributed by atoms with Gasteiger partial charge in [0.1, 0.15) is 5.75 Å². The molecule has 0 atom stereocenters. The van der Waals surface area contributed by atoms with Crippen molar-refractivity contribution in [2.45, 2.75) is 0 Å². The average Bonchev–Trinajstić information content (AvgIpc) is 2.56. The third-order valence-corrected chi connectivity index (χ3v) is 3.91. The highest BCUT2D eigenvalue weighted by Crippen LogP contribution is 2.25. The van der Waals surface area contributed by atoms with Crippen LogP contribution in [0.15, 0.2) is 36.4 Å². The number of hydrogen-bond acceptors (Lipinski definition) is 5. The molecule has 0 saturated carbocycles. The summed E-state index contributed by atoms with van der Waals surface area (Å²) in [5.41, 5.74) is 0.422. The lowest BCUT2D eigenvalue weighted by atomic mass is 10.2. The molecule has 130 valence electrons. The van der Waals surface area contributed by atoms with E-state index in [0.29, 0.717) is 11.4 Å². The van der Waals surface area contributed by atoms with E-state index in [1.54, 1.807) is 6.07 Å². The maximum Gasteiger partial charge on any atom is 0.257 e. The Morgan fingerprint density at radius 3 is 2.44 bits per heavy atom. The largest absolute Gasteiger partial charge is 0.545 e. The number of carboxylic acids is 1. The van der Waals surface area contributed by atoms with Gasteiger partial charge >= 0.3 is 0 Å². The molecule has 0 fully saturated rings. The van der Waals surface area contributed by atoms with E-state index in [2.05, 4.69) is 10.6 Å². The van der Waals surface area contributed by atoms with Crippen LogP contribution in [0.3, 0.4) is 0 Å². The molecule has 0 aliphatic carbocycles. The van der Waals surface area contributed by atoms with Crippen molar-refractivity contribution in [3.8, 4) is 5.75 Å². The molecule has 2 rings (SSSR count). The molecule has 9 heteroatoms. The smallest absolute Gasteiger partial charge is 0.257 e. The molecule has 0 heterocycles. The van der Waals surface area contributed by atoms with Crippen molar-refractivity contribution in [3.63, 3.8) is 0 Å². The second-order valence-corrected chi connectivity index (χ2v) is 5.96. The topological polar surface area (TPSA) is 90.5 Å². The summed E-state index contributed by atoms with van der Waals surface area (Å²) < 4.78 is 5.01. The number of aromatic carboxylic acids is 1. The van der Waals surface area contributed by atoms with E-state index in [9.17, 15) is 14.7 Å². The summed E-state index contributed by atoms with van der Waals surface area (Å²) >= 11 is 16.8. The molecule has 0 radical (unpaired) electrons. The Morgan fingerprint density at radius 2 is 1.84 bits per heavy atom. The summed E-state index contributed by atoms with van der Waals surface area (Å²) in [6.07, 6.45) is 0. The zero-order chi connectivity index (χ0) is 18.6. The molecular weight excluding hydrogens is 387 g/mol. The Hall–Kier alpha value is -2.35. The standard InChI is InChI=1S/C16H12Cl2N2O4S/c1-24-13-5-2-8(6-12(13)18)14(21)20-16(25)19-9-3-4-11(17)10(7-9)15(22)23/h2-7H,1H3,(H,22,23)(H2,19,20,21,25)/p-1. The van der Waals surface area contributed by atoms with Crippen molar-refractivity contribution in [2.75, 3.05) is 12.4 Å². The first kappa shape index (κ1) is 19.0. The number of halogens is 2. The number of carbonyl (C=O) groups is 2. The zero-order valence-corrected chi connectivity index (χ0v) is 15.1. The summed E-state index contributed by atoms with van der Waals surface area (Å²) in [6.45, 7) is 0. The van der Waals surface area contributed by atoms with Gasteiger partial charge in [-0.2, -0.15) is 0 Å². The molecule has 0 unspecified atom stereocenters. The van der Waals surface area contributed by atoms with Crippen molar-refractivity contribution in [2.24, 2.45) is 0 Å². The molecule has 0 aliphatic heterocycles. The van der Waals surface area contributed by atoms with Crippen molar-refractivity contribution in [1.82, 2.24) is 5.32 Å². The van der Waals surface area contributed by atoms with Crippen molar-refractivity contribution < 1.29 is 19.4 Å². The van der Waals surface area contributed by atoms with Crippen LogP contribution in [0.4, 0.5) is 5.69 Å². The van der Waals surface area contributed by atoms with Gasteiger partial charge in [0.25, 0.3) is 5.91 Å². The SMILES string of the molecule is COc1ccc(C(=O)NC(=S)Nc2ccc(Cl)c(C(=O)[O-])c2)cc1Cl. The molecule has 1 amide bonds. The fourth-order valence-electron chi connectivity index (χ4n) is 1.90. The molecule has 2 aromatic carbocycles. The molecule has 0 spiro atoms. The number of methoxy groups -OCH3 is 1. The van der Waals surface area contributed by atoms with Gasteiger partial charge in [-0.25, -0.2) is 0 Å². The molecular formula is C16H11Cl2N2O4S-. The van der Waals surface area contributed by atoms with Gasteiger partial charge in [-0.3, -0.25) is 10.1 Å². The summed E-state index contributed by atoms with van der Waals surface area (Å²) in [6, 6.07) is 8.66. The number of carbonyl (C=O) groups excluding carboxylic acids is 2. The van der Waals surface area contributed by atoms with Crippen molar-refractivity contribution in [1.29, 1.82) is 0 Å². The number of amides is 1. The molecule has 2 N–H and O–H groups in total. The first-order chi connectivity index (χ1) is 11.8. The van der Waals surface area contributed by atoms with Crippen LogP contribution in [0.25, 0.3) is 0 Å². The number of nitrogens with one attached hydrogen (secondary N) is 2. The van der Waals surface area contributed by atoms with Crippen LogP contribution < -0.4 is 20.5 Å².